The van der Waals surface area contributed by atoms with Gasteiger partial charge < -0.3 is 20.8 Å². The molecule has 84 valence electrons. The molecule has 0 aliphatic heterocycles. The summed E-state index contributed by atoms with van der Waals surface area (Å²) in [6.07, 6.45) is 0. The van der Waals surface area contributed by atoms with Crippen molar-refractivity contribution >= 4 is 27.3 Å². The quantitative estimate of drug-likeness (QED) is 0.696. The third-order valence-corrected chi connectivity index (χ3v) is 2.56. The number of hydrogen-bond acceptors (Lipinski definition) is 4. The zero-order chi connectivity index (χ0) is 11.3. The van der Waals surface area contributed by atoms with Crippen LogP contribution in [0.2, 0.25) is 0 Å². The maximum atomic E-state index is 8.90. The topological polar surface area (TPSA) is 69.7 Å². The lowest BCUT2D eigenvalue weighted by molar-refractivity contribution is 0.281. The summed E-state index contributed by atoms with van der Waals surface area (Å²) >= 11 is 3.33. The van der Waals surface area contributed by atoms with Gasteiger partial charge in [0, 0.05) is 17.6 Å². The third-order valence-electron chi connectivity index (χ3n) is 2.07. The van der Waals surface area contributed by atoms with Crippen LogP contribution in [0.3, 0.4) is 0 Å². The van der Waals surface area contributed by atoms with Gasteiger partial charge in [-0.25, -0.2) is 0 Å². The van der Waals surface area contributed by atoms with Crippen LogP contribution in [0.25, 0.3) is 0 Å². The minimum absolute atomic E-state index is 0.0372. The first-order valence-corrected chi connectivity index (χ1v) is 5.50. The number of nitrogens with two attached hydrogens (primary N) is 1. The van der Waals surface area contributed by atoms with Crippen LogP contribution in [-0.2, 0) is 0 Å². The van der Waals surface area contributed by atoms with Crippen molar-refractivity contribution < 1.29 is 10.2 Å². The SMILES string of the molecule is Nc1cc(Br)ccc1N(CCO)CCO. The van der Waals surface area contributed by atoms with E-state index in [1.54, 1.807) is 6.07 Å². The predicted molar refractivity (Wildman–Crippen MR) is 64.9 cm³/mol. The first kappa shape index (κ1) is 12.3. The Balaban J connectivity index is 2.89. The summed E-state index contributed by atoms with van der Waals surface area (Å²) in [6, 6.07) is 5.55. The summed E-state index contributed by atoms with van der Waals surface area (Å²) in [7, 11) is 0. The average molecular weight is 275 g/mol. The molecule has 0 amide bonds. The molecule has 0 saturated carbocycles. The molecule has 0 atom stereocenters. The number of anilines is 2. The van der Waals surface area contributed by atoms with Gasteiger partial charge in [-0.2, -0.15) is 0 Å². The normalized spacial score (nSPS) is 10.3. The van der Waals surface area contributed by atoms with Crippen molar-refractivity contribution in [2.45, 2.75) is 0 Å². The van der Waals surface area contributed by atoms with Gasteiger partial charge in [-0.05, 0) is 18.2 Å². The standard InChI is InChI=1S/C10H15BrN2O2/c11-8-1-2-10(9(12)7-8)13(3-5-14)4-6-15/h1-2,7,14-15H,3-6,12H2. The highest BCUT2D eigenvalue weighted by atomic mass is 79.9. The smallest absolute Gasteiger partial charge is 0.0606 e. The van der Waals surface area contributed by atoms with Crippen molar-refractivity contribution in [3.63, 3.8) is 0 Å². The minimum Gasteiger partial charge on any atom is -0.397 e. The predicted octanol–water partition coefficient (Wildman–Crippen LogP) is 0.822. The number of rotatable bonds is 5. The zero-order valence-electron chi connectivity index (χ0n) is 8.36. The molecule has 0 aromatic heterocycles. The molecule has 0 bridgehead atoms. The Hall–Kier alpha value is -0.780. The average Bonchev–Trinajstić information content (AvgIpc) is 2.17. The van der Waals surface area contributed by atoms with Crippen LogP contribution in [0.4, 0.5) is 11.4 Å². The van der Waals surface area contributed by atoms with Gasteiger partial charge in [0.1, 0.15) is 0 Å². The van der Waals surface area contributed by atoms with Crippen molar-refractivity contribution in [3.05, 3.63) is 22.7 Å². The van der Waals surface area contributed by atoms with Crippen LogP contribution >= 0.6 is 15.9 Å². The minimum atomic E-state index is 0.0372. The van der Waals surface area contributed by atoms with Crippen molar-refractivity contribution in [1.82, 2.24) is 0 Å². The molecule has 0 saturated heterocycles. The molecule has 4 N–H and O–H groups in total. The van der Waals surface area contributed by atoms with E-state index in [2.05, 4.69) is 15.9 Å². The lowest BCUT2D eigenvalue weighted by Gasteiger charge is -2.24. The zero-order valence-corrected chi connectivity index (χ0v) is 9.94. The second kappa shape index (κ2) is 5.95. The van der Waals surface area contributed by atoms with E-state index in [0.29, 0.717) is 18.8 Å². The van der Waals surface area contributed by atoms with E-state index >= 15 is 0 Å². The molecule has 0 fully saturated rings. The molecule has 1 aromatic carbocycles. The molecule has 1 aromatic rings. The molecule has 15 heavy (non-hydrogen) atoms. The summed E-state index contributed by atoms with van der Waals surface area (Å²) in [5.41, 5.74) is 7.31. The van der Waals surface area contributed by atoms with Gasteiger partial charge in [-0.1, -0.05) is 15.9 Å². The van der Waals surface area contributed by atoms with Crippen LogP contribution in [0.15, 0.2) is 22.7 Å². The fourth-order valence-electron chi connectivity index (χ4n) is 1.41. The Labute approximate surface area is 97.4 Å². The lowest BCUT2D eigenvalue weighted by Crippen LogP contribution is -2.30. The van der Waals surface area contributed by atoms with Crippen LogP contribution in [0.1, 0.15) is 0 Å². The van der Waals surface area contributed by atoms with E-state index in [4.69, 9.17) is 15.9 Å². The summed E-state index contributed by atoms with van der Waals surface area (Å²) in [6.45, 7) is 1.00. The Morgan fingerprint density at radius 3 is 2.27 bits per heavy atom. The highest BCUT2D eigenvalue weighted by molar-refractivity contribution is 9.10. The molecule has 0 aliphatic carbocycles. The van der Waals surface area contributed by atoms with E-state index in [0.717, 1.165) is 10.2 Å². The largest absolute Gasteiger partial charge is 0.397 e. The molecule has 1 rings (SSSR count). The van der Waals surface area contributed by atoms with Gasteiger partial charge in [0.2, 0.25) is 0 Å². The highest BCUT2D eigenvalue weighted by Crippen LogP contribution is 2.26. The third kappa shape index (κ3) is 3.37. The Morgan fingerprint density at radius 2 is 1.80 bits per heavy atom. The number of aliphatic hydroxyl groups is 2. The van der Waals surface area contributed by atoms with Crippen LogP contribution in [-0.4, -0.2) is 36.5 Å². The molecular formula is C10H15BrN2O2. The van der Waals surface area contributed by atoms with Crippen molar-refractivity contribution in [2.75, 3.05) is 36.9 Å². The van der Waals surface area contributed by atoms with E-state index < -0.39 is 0 Å². The molecule has 0 heterocycles. The number of hydrogen-bond donors (Lipinski definition) is 3. The van der Waals surface area contributed by atoms with Crippen molar-refractivity contribution in [1.29, 1.82) is 0 Å². The molecular weight excluding hydrogens is 260 g/mol. The summed E-state index contributed by atoms with van der Waals surface area (Å²) in [5.74, 6) is 0. The van der Waals surface area contributed by atoms with Gasteiger partial charge in [0.25, 0.3) is 0 Å². The maximum absolute atomic E-state index is 8.90. The van der Waals surface area contributed by atoms with Crippen LogP contribution in [0.5, 0.6) is 0 Å². The summed E-state index contributed by atoms with van der Waals surface area (Å²) in [5, 5.41) is 17.8. The Kier molecular flexibility index (Phi) is 4.87. The molecule has 5 heteroatoms. The second-order valence-corrected chi connectivity index (χ2v) is 4.05. The first-order valence-electron chi connectivity index (χ1n) is 4.70. The molecule has 0 radical (unpaired) electrons. The Bertz CT molecular complexity index is 314. The highest BCUT2D eigenvalue weighted by Gasteiger charge is 2.08. The van der Waals surface area contributed by atoms with Crippen molar-refractivity contribution in [2.24, 2.45) is 0 Å². The van der Waals surface area contributed by atoms with Crippen molar-refractivity contribution in [3.8, 4) is 0 Å². The van der Waals surface area contributed by atoms with Gasteiger partial charge in [0.05, 0.1) is 24.6 Å². The van der Waals surface area contributed by atoms with Crippen LogP contribution < -0.4 is 10.6 Å². The van der Waals surface area contributed by atoms with Gasteiger partial charge >= 0.3 is 0 Å². The lowest BCUT2D eigenvalue weighted by atomic mass is 10.2. The fourth-order valence-corrected chi connectivity index (χ4v) is 1.79. The molecule has 0 spiro atoms. The number of halogens is 1. The number of benzene rings is 1. The van der Waals surface area contributed by atoms with Gasteiger partial charge in [-0.3, -0.25) is 0 Å². The van der Waals surface area contributed by atoms with E-state index in [1.165, 1.54) is 0 Å². The monoisotopic (exact) mass is 274 g/mol. The van der Waals surface area contributed by atoms with E-state index in [1.807, 2.05) is 17.0 Å². The van der Waals surface area contributed by atoms with Gasteiger partial charge in [-0.15, -0.1) is 0 Å². The van der Waals surface area contributed by atoms with Crippen LogP contribution in [0, 0.1) is 0 Å². The summed E-state index contributed by atoms with van der Waals surface area (Å²) in [4.78, 5) is 1.85. The Morgan fingerprint density at radius 1 is 1.20 bits per heavy atom. The molecule has 4 nitrogen and oxygen atoms in total. The number of nitrogen functional groups attached to an aromatic ring is 1. The maximum Gasteiger partial charge on any atom is 0.0606 e. The number of aliphatic hydroxyl groups excluding tert-OH is 2. The number of nitrogens with zero attached hydrogens (tertiary/aromatic N) is 1. The van der Waals surface area contributed by atoms with Gasteiger partial charge in [0.15, 0.2) is 0 Å². The fraction of sp³-hybridized carbons (Fsp3) is 0.400. The molecule has 0 aliphatic rings. The van der Waals surface area contributed by atoms with E-state index in [9.17, 15) is 0 Å². The summed E-state index contributed by atoms with van der Waals surface area (Å²) < 4.78 is 0.914. The molecule has 0 unspecified atom stereocenters. The van der Waals surface area contributed by atoms with E-state index in [-0.39, 0.29) is 13.2 Å². The second-order valence-electron chi connectivity index (χ2n) is 3.14. The first-order chi connectivity index (χ1) is 7.19.